The first-order chi connectivity index (χ1) is 8.06. The number of ether oxygens (including phenoxy) is 1. The molecule has 1 saturated heterocycles. The van der Waals surface area contributed by atoms with Crippen LogP contribution in [0.4, 0.5) is 0 Å². The summed E-state index contributed by atoms with van der Waals surface area (Å²) < 4.78 is 4.68. The van der Waals surface area contributed by atoms with Crippen LogP contribution in [0.5, 0.6) is 0 Å². The Kier molecular flexibility index (Phi) is 5.77. The molecule has 1 amide bonds. The molecule has 1 rings (SSSR count). The summed E-state index contributed by atoms with van der Waals surface area (Å²) >= 11 is 1.74. The minimum absolute atomic E-state index is 0.0163. The van der Waals surface area contributed by atoms with Crippen molar-refractivity contribution in [1.29, 1.82) is 0 Å². The second-order valence-corrected chi connectivity index (χ2v) is 5.48. The lowest BCUT2D eigenvalue weighted by Gasteiger charge is -2.26. The molecule has 0 aromatic heterocycles. The number of amides is 1. The molecule has 17 heavy (non-hydrogen) atoms. The van der Waals surface area contributed by atoms with Crippen LogP contribution < -0.4 is 10.6 Å². The van der Waals surface area contributed by atoms with Crippen LogP contribution in [-0.4, -0.2) is 49.1 Å². The summed E-state index contributed by atoms with van der Waals surface area (Å²) in [6, 6.07) is -0.777. The predicted octanol–water partition coefficient (Wildman–Crippen LogP) is 0.00520. The Morgan fingerprint density at radius 2 is 2.18 bits per heavy atom. The van der Waals surface area contributed by atoms with Crippen molar-refractivity contribution in [2.75, 3.05) is 25.2 Å². The van der Waals surface area contributed by atoms with Crippen molar-refractivity contribution in [3.05, 3.63) is 0 Å². The molecule has 5 nitrogen and oxygen atoms in total. The van der Waals surface area contributed by atoms with E-state index in [-0.39, 0.29) is 17.9 Å². The van der Waals surface area contributed by atoms with Crippen molar-refractivity contribution < 1.29 is 14.3 Å². The summed E-state index contributed by atoms with van der Waals surface area (Å²) in [6.07, 6.45) is 0. The van der Waals surface area contributed by atoms with Gasteiger partial charge in [0.2, 0.25) is 5.91 Å². The average molecular weight is 260 g/mol. The lowest BCUT2D eigenvalue weighted by atomic mass is 10.0. The van der Waals surface area contributed by atoms with E-state index in [1.807, 2.05) is 13.8 Å². The molecule has 0 bridgehead atoms. The van der Waals surface area contributed by atoms with Gasteiger partial charge < -0.3 is 15.4 Å². The Labute approximate surface area is 106 Å². The number of hydrogen-bond donors (Lipinski definition) is 2. The van der Waals surface area contributed by atoms with Gasteiger partial charge >= 0.3 is 5.97 Å². The van der Waals surface area contributed by atoms with E-state index in [1.54, 1.807) is 11.8 Å². The highest BCUT2D eigenvalue weighted by atomic mass is 32.2. The first-order valence-corrected chi connectivity index (χ1v) is 6.91. The Bertz CT molecular complexity index is 278. The smallest absolute Gasteiger partial charge is 0.328 e. The number of carbonyl (C=O) groups is 2. The van der Waals surface area contributed by atoms with E-state index >= 15 is 0 Å². The molecular formula is C11H20N2O3S. The van der Waals surface area contributed by atoms with Crippen LogP contribution >= 0.6 is 11.8 Å². The average Bonchev–Trinajstić information content (AvgIpc) is 2.35. The number of carbonyl (C=O) groups excluding carboxylic acids is 2. The fourth-order valence-corrected chi connectivity index (χ4v) is 2.55. The summed E-state index contributed by atoms with van der Waals surface area (Å²) in [5.41, 5.74) is 0. The lowest BCUT2D eigenvalue weighted by Crippen LogP contribution is -2.54. The molecule has 1 aliphatic heterocycles. The summed E-state index contributed by atoms with van der Waals surface area (Å²) in [7, 11) is 1.33. The van der Waals surface area contributed by atoms with Crippen molar-refractivity contribution in [2.45, 2.75) is 25.9 Å². The summed E-state index contributed by atoms with van der Waals surface area (Å²) in [4.78, 5) is 23.4. The molecule has 0 saturated carbocycles. The Hall–Kier alpha value is -0.750. The molecule has 0 radical (unpaired) electrons. The van der Waals surface area contributed by atoms with Gasteiger partial charge in [-0.1, -0.05) is 13.8 Å². The number of methoxy groups -OCH3 is 1. The van der Waals surface area contributed by atoms with Gasteiger partial charge in [0.25, 0.3) is 0 Å². The molecule has 0 aromatic rings. The van der Waals surface area contributed by atoms with E-state index in [0.717, 1.165) is 18.1 Å². The monoisotopic (exact) mass is 260 g/mol. The van der Waals surface area contributed by atoms with Gasteiger partial charge in [-0.25, -0.2) is 4.79 Å². The largest absolute Gasteiger partial charge is 0.467 e. The van der Waals surface area contributed by atoms with E-state index in [1.165, 1.54) is 7.11 Å². The van der Waals surface area contributed by atoms with Gasteiger partial charge in [0.15, 0.2) is 0 Å². The van der Waals surface area contributed by atoms with Crippen LogP contribution in [0.15, 0.2) is 0 Å². The molecule has 2 N–H and O–H groups in total. The quantitative estimate of drug-likeness (QED) is 0.697. The van der Waals surface area contributed by atoms with Crippen LogP contribution in [0.3, 0.4) is 0 Å². The van der Waals surface area contributed by atoms with Gasteiger partial charge in [-0.2, -0.15) is 11.8 Å². The highest BCUT2D eigenvalue weighted by Crippen LogP contribution is 2.09. The van der Waals surface area contributed by atoms with Crippen LogP contribution in [0, 0.1) is 5.92 Å². The molecule has 1 aliphatic rings. The molecule has 1 unspecified atom stereocenters. The maximum absolute atomic E-state index is 11.9. The number of hydrogen-bond acceptors (Lipinski definition) is 5. The molecule has 2 atom stereocenters. The van der Waals surface area contributed by atoms with E-state index in [9.17, 15) is 9.59 Å². The molecule has 0 spiro atoms. The van der Waals surface area contributed by atoms with E-state index in [4.69, 9.17) is 0 Å². The molecule has 98 valence electrons. The minimum atomic E-state index is -0.568. The lowest BCUT2D eigenvalue weighted by molar-refractivity contribution is -0.146. The molecule has 1 fully saturated rings. The number of thioether (sulfide) groups is 1. The minimum Gasteiger partial charge on any atom is -0.467 e. The van der Waals surface area contributed by atoms with Crippen LogP contribution in [0.2, 0.25) is 0 Å². The first kappa shape index (κ1) is 14.3. The Morgan fingerprint density at radius 1 is 1.47 bits per heavy atom. The number of nitrogens with one attached hydrogen (secondary N) is 2. The maximum atomic E-state index is 11.9. The number of esters is 1. The van der Waals surface area contributed by atoms with Crippen molar-refractivity contribution in [3.8, 4) is 0 Å². The van der Waals surface area contributed by atoms with Gasteiger partial charge in [-0.3, -0.25) is 4.79 Å². The SMILES string of the molecule is COC(=O)[C@@H](NC(=O)C1CSCCN1)C(C)C. The highest BCUT2D eigenvalue weighted by molar-refractivity contribution is 7.99. The third-order valence-corrected chi connectivity index (χ3v) is 3.72. The van der Waals surface area contributed by atoms with Crippen molar-refractivity contribution in [1.82, 2.24) is 10.6 Å². The summed E-state index contributed by atoms with van der Waals surface area (Å²) in [5.74, 6) is 1.27. The zero-order chi connectivity index (χ0) is 12.8. The summed E-state index contributed by atoms with van der Waals surface area (Å²) in [5, 5.41) is 5.88. The third-order valence-electron chi connectivity index (χ3n) is 2.66. The second-order valence-electron chi connectivity index (χ2n) is 4.34. The molecule has 1 heterocycles. The van der Waals surface area contributed by atoms with Gasteiger partial charge in [-0.15, -0.1) is 0 Å². The zero-order valence-electron chi connectivity index (χ0n) is 10.5. The Morgan fingerprint density at radius 3 is 2.65 bits per heavy atom. The number of rotatable bonds is 4. The van der Waals surface area contributed by atoms with Gasteiger partial charge in [0.05, 0.1) is 13.2 Å². The first-order valence-electron chi connectivity index (χ1n) is 5.75. The van der Waals surface area contributed by atoms with Crippen LogP contribution in [0.1, 0.15) is 13.8 Å². The maximum Gasteiger partial charge on any atom is 0.328 e. The van der Waals surface area contributed by atoms with Crippen LogP contribution in [-0.2, 0) is 14.3 Å². The second kappa shape index (κ2) is 6.86. The van der Waals surface area contributed by atoms with E-state index in [0.29, 0.717) is 0 Å². The van der Waals surface area contributed by atoms with Crippen LogP contribution in [0.25, 0.3) is 0 Å². The van der Waals surface area contributed by atoms with Crippen molar-refractivity contribution in [3.63, 3.8) is 0 Å². The topological polar surface area (TPSA) is 67.4 Å². The molecule has 6 heteroatoms. The third kappa shape index (κ3) is 4.20. The van der Waals surface area contributed by atoms with Gasteiger partial charge in [0.1, 0.15) is 6.04 Å². The molecular weight excluding hydrogens is 240 g/mol. The molecule has 0 aliphatic carbocycles. The predicted molar refractivity (Wildman–Crippen MR) is 67.9 cm³/mol. The van der Waals surface area contributed by atoms with Crippen molar-refractivity contribution in [2.24, 2.45) is 5.92 Å². The Balaban J connectivity index is 2.54. The van der Waals surface area contributed by atoms with E-state index in [2.05, 4.69) is 15.4 Å². The highest BCUT2D eigenvalue weighted by Gasteiger charge is 2.29. The molecule has 0 aromatic carbocycles. The van der Waals surface area contributed by atoms with E-state index < -0.39 is 12.0 Å². The normalized spacial score (nSPS) is 22.0. The standard InChI is InChI=1S/C11H20N2O3S/c1-7(2)9(11(15)16-3)13-10(14)8-6-17-5-4-12-8/h7-9,12H,4-6H2,1-3H3,(H,13,14)/t8?,9-/m0/s1. The summed E-state index contributed by atoms with van der Waals surface area (Å²) in [6.45, 7) is 4.59. The van der Waals surface area contributed by atoms with Crippen molar-refractivity contribution >= 4 is 23.6 Å². The fraction of sp³-hybridized carbons (Fsp3) is 0.818. The van der Waals surface area contributed by atoms with Gasteiger partial charge in [0, 0.05) is 18.1 Å². The van der Waals surface area contributed by atoms with Gasteiger partial charge in [-0.05, 0) is 5.92 Å². The fourth-order valence-electron chi connectivity index (χ4n) is 1.61. The zero-order valence-corrected chi connectivity index (χ0v) is 11.3.